The second-order valence-corrected chi connectivity index (χ2v) is 9.33. The Hall–Kier alpha value is -3.72. The second kappa shape index (κ2) is 8.32. The van der Waals surface area contributed by atoms with Crippen LogP contribution in [0.5, 0.6) is 0 Å². The Labute approximate surface area is 195 Å². The molecule has 1 aliphatic rings. The van der Waals surface area contributed by atoms with Crippen molar-refractivity contribution in [3.63, 3.8) is 0 Å². The highest BCUT2D eigenvalue weighted by Crippen LogP contribution is 2.27. The average molecular weight is 457 g/mol. The number of aryl methyl sites for hydroxylation is 1. The number of hydrogen-bond donors (Lipinski definition) is 0. The molecular formula is C24H24N8S. The average Bonchev–Trinajstić information content (AvgIpc) is 3.61. The smallest absolute Gasteiger partial charge is 0.225 e. The number of piperazine rings is 1. The number of nitrogens with zero attached hydrogens (tertiary/aromatic N) is 8. The zero-order valence-electron chi connectivity index (χ0n) is 18.4. The largest absolute Gasteiger partial charge is 0.365 e. The van der Waals surface area contributed by atoms with Crippen LogP contribution in [-0.2, 0) is 13.5 Å². The van der Waals surface area contributed by atoms with Crippen LogP contribution >= 0.6 is 11.3 Å². The van der Waals surface area contributed by atoms with Crippen LogP contribution in [0.3, 0.4) is 0 Å². The predicted octanol–water partition coefficient (Wildman–Crippen LogP) is 3.50. The van der Waals surface area contributed by atoms with E-state index in [-0.39, 0.29) is 0 Å². The lowest BCUT2D eigenvalue weighted by Gasteiger charge is -2.35. The van der Waals surface area contributed by atoms with Gasteiger partial charge in [-0.15, -0.1) is 11.3 Å². The molecule has 9 heteroatoms. The molecule has 166 valence electrons. The van der Waals surface area contributed by atoms with Gasteiger partial charge in [-0.25, -0.2) is 14.5 Å². The van der Waals surface area contributed by atoms with Gasteiger partial charge in [0, 0.05) is 80.4 Å². The maximum Gasteiger partial charge on any atom is 0.225 e. The predicted molar refractivity (Wildman–Crippen MR) is 131 cm³/mol. The summed E-state index contributed by atoms with van der Waals surface area (Å²) in [6.45, 7) is 3.59. The Morgan fingerprint density at radius 2 is 1.67 bits per heavy atom. The molecule has 0 atom stereocenters. The number of anilines is 2. The highest BCUT2D eigenvalue weighted by atomic mass is 32.1. The Morgan fingerprint density at radius 1 is 0.848 bits per heavy atom. The minimum atomic E-state index is 0.811. The first kappa shape index (κ1) is 19.9. The Bertz CT molecular complexity index is 1360. The molecular weight excluding hydrogens is 432 g/mol. The molecule has 6 rings (SSSR count). The van der Waals surface area contributed by atoms with Crippen LogP contribution in [-0.4, -0.2) is 55.5 Å². The lowest BCUT2D eigenvalue weighted by Crippen LogP contribution is -2.47. The normalized spacial score (nSPS) is 14.3. The van der Waals surface area contributed by atoms with E-state index in [1.807, 2.05) is 47.2 Å². The van der Waals surface area contributed by atoms with Crippen molar-refractivity contribution >= 4 is 28.5 Å². The second-order valence-electron chi connectivity index (χ2n) is 8.30. The number of aromatic nitrogens is 6. The lowest BCUT2D eigenvalue weighted by atomic mass is 10.1. The molecule has 0 spiro atoms. The molecule has 0 amide bonds. The Kier molecular flexibility index (Phi) is 5.03. The molecule has 33 heavy (non-hydrogen) atoms. The molecule has 0 aliphatic carbocycles. The highest BCUT2D eigenvalue weighted by molar-refractivity contribution is 7.09. The van der Waals surface area contributed by atoms with Gasteiger partial charge >= 0.3 is 0 Å². The van der Waals surface area contributed by atoms with Crippen LogP contribution in [0.4, 0.5) is 11.6 Å². The molecule has 0 unspecified atom stereocenters. The molecule has 5 aromatic rings. The zero-order chi connectivity index (χ0) is 22.2. The SMILES string of the molecule is Cn1cc(-c2ccc3c(N4CCN(c5ncc(Cc6cccs6)cn5)CC4)cnn3c2)cn1. The van der Waals surface area contributed by atoms with E-state index in [4.69, 9.17) is 0 Å². The molecule has 8 nitrogen and oxygen atoms in total. The number of thiophene rings is 1. The first-order valence-electron chi connectivity index (χ1n) is 11.0. The number of hydrogen-bond acceptors (Lipinski definition) is 7. The van der Waals surface area contributed by atoms with Crippen molar-refractivity contribution in [3.05, 3.63) is 77.3 Å². The van der Waals surface area contributed by atoms with E-state index in [0.29, 0.717) is 0 Å². The summed E-state index contributed by atoms with van der Waals surface area (Å²) in [6, 6.07) is 8.52. The third-order valence-electron chi connectivity index (χ3n) is 6.09. The summed E-state index contributed by atoms with van der Waals surface area (Å²) in [5.41, 5.74) is 5.63. The lowest BCUT2D eigenvalue weighted by molar-refractivity contribution is 0.641. The number of rotatable bonds is 5. The first-order valence-corrected chi connectivity index (χ1v) is 11.9. The van der Waals surface area contributed by atoms with Crippen LogP contribution in [0.1, 0.15) is 10.4 Å². The van der Waals surface area contributed by atoms with Crippen LogP contribution in [0.2, 0.25) is 0 Å². The Morgan fingerprint density at radius 3 is 2.39 bits per heavy atom. The maximum atomic E-state index is 4.64. The molecule has 0 saturated carbocycles. The molecule has 0 N–H and O–H groups in total. The summed E-state index contributed by atoms with van der Waals surface area (Å²) >= 11 is 1.77. The van der Waals surface area contributed by atoms with Crippen LogP contribution in [0.15, 0.2) is 66.8 Å². The Balaban J connectivity index is 1.13. The van der Waals surface area contributed by atoms with Crippen LogP contribution in [0, 0.1) is 0 Å². The fourth-order valence-electron chi connectivity index (χ4n) is 4.32. The molecule has 0 bridgehead atoms. The van der Waals surface area contributed by atoms with Crippen molar-refractivity contribution in [1.82, 2.24) is 29.4 Å². The number of fused-ring (bicyclic) bond motifs is 1. The van der Waals surface area contributed by atoms with E-state index in [9.17, 15) is 0 Å². The monoisotopic (exact) mass is 456 g/mol. The summed E-state index contributed by atoms with van der Waals surface area (Å²) in [5, 5.41) is 11.0. The third-order valence-corrected chi connectivity index (χ3v) is 6.96. The van der Waals surface area contributed by atoms with Crippen molar-refractivity contribution < 1.29 is 0 Å². The van der Waals surface area contributed by atoms with Gasteiger partial charge in [0.15, 0.2) is 0 Å². The van der Waals surface area contributed by atoms with E-state index in [1.165, 1.54) is 10.6 Å². The summed E-state index contributed by atoms with van der Waals surface area (Å²) in [5.74, 6) is 0.811. The fraction of sp³-hybridized carbons (Fsp3) is 0.250. The van der Waals surface area contributed by atoms with Crippen molar-refractivity contribution in [1.29, 1.82) is 0 Å². The summed E-state index contributed by atoms with van der Waals surface area (Å²) < 4.78 is 3.77. The minimum Gasteiger partial charge on any atom is -0.365 e. The maximum absolute atomic E-state index is 4.64. The summed E-state index contributed by atoms with van der Waals surface area (Å²) in [6.07, 6.45) is 12.7. The summed E-state index contributed by atoms with van der Waals surface area (Å²) in [7, 11) is 1.93. The molecule has 1 fully saturated rings. The highest BCUT2D eigenvalue weighted by Gasteiger charge is 2.21. The fourth-order valence-corrected chi connectivity index (χ4v) is 5.06. The van der Waals surface area contributed by atoms with Crippen LogP contribution in [0.25, 0.3) is 16.6 Å². The van der Waals surface area contributed by atoms with Gasteiger partial charge in [-0.3, -0.25) is 4.68 Å². The van der Waals surface area contributed by atoms with Crippen molar-refractivity contribution in [2.24, 2.45) is 7.05 Å². The van der Waals surface area contributed by atoms with Gasteiger partial charge in [0.1, 0.15) is 0 Å². The molecule has 1 saturated heterocycles. The van der Waals surface area contributed by atoms with Crippen LogP contribution < -0.4 is 9.80 Å². The van der Waals surface area contributed by atoms with Gasteiger partial charge in [0.05, 0.1) is 23.6 Å². The van der Waals surface area contributed by atoms with Gasteiger partial charge in [-0.05, 0) is 23.1 Å². The third kappa shape index (κ3) is 3.95. The van der Waals surface area contributed by atoms with Crippen molar-refractivity contribution in [3.8, 4) is 11.1 Å². The minimum absolute atomic E-state index is 0.811. The van der Waals surface area contributed by atoms with Crippen molar-refractivity contribution in [2.75, 3.05) is 36.0 Å². The van der Waals surface area contributed by atoms with Gasteiger partial charge in [-0.1, -0.05) is 12.1 Å². The number of pyridine rings is 1. The molecule has 5 aromatic heterocycles. The van der Waals surface area contributed by atoms with Gasteiger partial charge in [-0.2, -0.15) is 10.2 Å². The quantitative estimate of drug-likeness (QED) is 0.403. The van der Waals surface area contributed by atoms with Gasteiger partial charge in [0.25, 0.3) is 0 Å². The standard InChI is InChI=1S/C24H24N8S/c1-29-16-20(14-27-29)19-4-5-22-23(15-28-32(22)17-19)30-6-8-31(9-7-30)24-25-12-18(13-26-24)11-21-3-2-10-33-21/h2-5,10,12-17H,6-9,11H2,1H3. The van der Waals surface area contributed by atoms with Gasteiger partial charge in [0.2, 0.25) is 5.95 Å². The van der Waals surface area contributed by atoms with E-state index in [0.717, 1.165) is 60.8 Å². The van der Waals surface area contributed by atoms with E-state index in [2.05, 4.69) is 65.8 Å². The van der Waals surface area contributed by atoms with E-state index < -0.39 is 0 Å². The van der Waals surface area contributed by atoms with E-state index >= 15 is 0 Å². The molecule has 0 radical (unpaired) electrons. The van der Waals surface area contributed by atoms with Gasteiger partial charge < -0.3 is 9.80 Å². The molecule has 6 heterocycles. The molecule has 1 aliphatic heterocycles. The van der Waals surface area contributed by atoms with E-state index in [1.54, 1.807) is 11.3 Å². The zero-order valence-corrected chi connectivity index (χ0v) is 19.2. The van der Waals surface area contributed by atoms with Crippen molar-refractivity contribution in [2.45, 2.75) is 6.42 Å². The summed E-state index contributed by atoms with van der Waals surface area (Å²) in [4.78, 5) is 15.3. The molecule has 0 aromatic carbocycles. The first-order chi connectivity index (χ1) is 16.2. The topological polar surface area (TPSA) is 67.4 Å².